The molecule has 0 aliphatic rings. The smallest absolute Gasteiger partial charge is 0.0986 e. The van der Waals surface area contributed by atoms with Crippen molar-refractivity contribution in [3.05, 3.63) is 60.2 Å². The van der Waals surface area contributed by atoms with Crippen LogP contribution in [-0.4, -0.2) is 9.55 Å². The van der Waals surface area contributed by atoms with E-state index < -0.39 is 0 Å². The molecule has 110 valence electrons. The van der Waals surface area contributed by atoms with Gasteiger partial charge in [0.2, 0.25) is 0 Å². The molecule has 20 heavy (non-hydrogen) atoms. The molecule has 0 atom stereocenters. The van der Waals surface area contributed by atoms with Crippen molar-refractivity contribution in [2.75, 3.05) is 0 Å². The number of rotatable bonds is 4. The Morgan fingerprint density at radius 3 is 2.00 bits per heavy atom. The van der Waals surface area contributed by atoms with Gasteiger partial charge in [0.1, 0.15) is 0 Å². The third kappa shape index (κ3) is 5.22. The van der Waals surface area contributed by atoms with Gasteiger partial charge in [0.05, 0.1) is 6.33 Å². The second-order valence-electron chi connectivity index (χ2n) is 4.31. The van der Waals surface area contributed by atoms with E-state index in [1.165, 1.54) is 17.5 Å². The van der Waals surface area contributed by atoms with E-state index in [-0.39, 0.29) is 12.4 Å². The quantitative estimate of drug-likeness (QED) is 0.793. The van der Waals surface area contributed by atoms with Crippen molar-refractivity contribution in [2.24, 2.45) is 0 Å². The number of benzene rings is 1. The molecule has 0 radical (unpaired) electrons. The number of halogens is 1. The molecular weight excluding hydrogens is 268 g/mol. The molecule has 2 rings (SSSR count). The highest BCUT2D eigenvalue weighted by Gasteiger charge is 2.02. The topological polar surface area (TPSA) is 17.8 Å². The Morgan fingerprint density at radius 2 is 1.70 bits per heavy atom. The SMILES string of the molecule is C=Cn1ccnc1.CCc1cccc(CC)c1CC.Cl. The van der Waals surface area contributed by atoms with Crippen molar-refractivity contribution in [1.82, 2.24) is 9.55 Å². The monoisotopic (exact) mass is 292 g/mol. The molecule has 0 aliphatic carbocycles. The maximum absolute atomic E-state index is 3.78. The minimum absolute atomic E-state index is 0. The Kier molecular flexibility index (Phi) is 9.48. The van der Waals surface area contributed by atoms with E-state index in [1.807, 2.05) is 6.20 Å². The van der Waals surface area contributed by atoms with Gasteiger partial charge in [-0.05, 0) is 36.0 Å². The summed E-state index contributed by atoms with van der Waals surface area (Å²) in [5.41, 5.74) is 4.62. The first kappa shape index (κ1) is 18.5. The molecule has 0 aliphatic heterocycles. The molecule has 0 saturated carbocycles. The van der Waals surface area contributed by atoms with Crippen molar-refractivity contribution in [3.63, 3.8) is 0 Å². The van der Waals surface area contributed by atoms with Crippen LogP contribution < -0.4 is 0 Å². The van der Waals surface area contributed by atoms with Gasteiger partial charge < -0.3 is 4.57 Å². The maximum atomic E-state index is 3.78. The van der Waals surface area contributed by atoms with Gasteiger partial charge in [0.25, 0.3) is 0 Å². The average Bonchev–Trinajstić information content (AvgIpc) is 3.00. The molecule has 1 heterocycles. The summed E-state index contributed by atoms with van der Waals surface area (Å²) in [6.45, 7) is 10.2. The molecule has 0 unspecified atom stereocenters. The van der Waals surface area contributed by atoms with Crippen molar-refractivity contribution < 1.29 is 0 Å². The standard InChI is InChI=1S/C12H18.C5H6N2.ClH/c1-4-10-8-7-9-11(5-2)12(10)6-3;1-2-7-4-3-6-5-7;/h7-9H,4-6H2,1-3H3;2-5H,1H2;1H. The summed E-state index contributed by atoms with van der Waals surface area (Å²) in [5, 5.41) is 0. The third-order valence-corrected chi connectivity index (χ3v) is 3.22. The second kappa shape index (κ2) is 10.3. The maximum Gasteiger partial charge on any atom is 0.0986 e. The molecular formula is C17H25ClN2. The molecule has 0 fully saturated rings. The van der Waals surface area contributed by atoms with Crippen LogP contribution in [0.25, 0.3) is 6.20 Å². The van der Waals surface area contributed by atoms with E-state index >= 15 is 0 Å². The summed E-state index contributed by atoms with van der Waals surface area (Å²) in [7, 11) is 0. The zero-order valence-corrected chi connectivity index (χ0v) is 13.5. The number of imidazole rings is 1. The van der Waals surface area contributed by atoms with Crippen LogP contribution in [0, 0.1) is 0 Å². The number of aryl methyl sites for hydroxylation is 2. The van der Waals surface area contributed by atoms with Gasteiger partial charge in [-0.1, -0.05) is 45.5 Å². The van der Waals surface area contributed by atoms with Gasteiger partial charge in [0.15, 0.2) is 0 Å². The second-order valence-corrected chi connectivity index (χ2v) is 4.31. The van der Waals surface area contributed by atoms with E-state index in [9.17, 15) is 0 Å². The van der Waals surface area contributed by atoms with Gasteiger partial charge in [-0.25, -0.2) is 4.98 Å². The van der Waals surface area contributed by atoms with Crippen LogP contribution in [0.3, 0.4) is 0 Å². The summed E-state index contributed by atoms with van der Waals surface area (Å²) < 4.78 is 1.78. The van der Waals surface area contributed by atoms with Gasteiger partial charge in [0, 0.05) is 18.6 Å². The first-order valence-corrected chi connectivity index (χ1v) is 6.96. The van der Waals surface area contributed by atoms with Crippen LogP contribution in [0.15, 0.2) is 43.5 Å². The fraction of sp³-hybridized carbons (Fsp3) is 0.353. The highest BCUT2D eigenvalue weighted by atomic mass is 35.5. The van der Waals surface area contributed by atoms with Gasteiger partial charge >= 0.3 is 0 Å². The molecule has 0 saturated heterocycles. The largest absolute Gasteiger partial charge is 0.314 e. The highest BCUT2D eigenvalue weighted by molar-refractivity contribution is 5.85. The molecule has 3 heteroatoms. The molecule has 1 aromatic carbocycles. The first-order valence-electron chi connectivity index (χ1n) is 6.96. The minimum Gasteiger partial charge on any atom is -0.314 e. The lowest BCUT2D eigenvalue weighted by Crippen LogP contribution is -1.96. The molecule has 2 aromatic rings. The lowest BCUT2D eigenvalue weighted by atomic mass is 9.96. The summed E-state index contributed by atoms with van der Waals surface area (Å²) in [5.74, 6) is 0. The lowest BCUT2D eigenvalue weighted by Gasteiger charge is -2.10. The first-order chi connectivity index (χ1) is 9.26. The van der Waals surface area contributed by atoms with E-state index in [0.29, 0.717) is 0 Å². The van der Waals surface area contributed by atoms with E-state index in [2.05, 4.69) is 50.5 Å². The zero-order chi connectivity index (χ0) is 14.1. The van der Waals surface area contributed by atoms with Crippen molar-refractivity contribution in [2.45, 2.75) is 40.0 Å². The van der Waals surface area contributed by atoms with E-state index in [0.717, 1.165) is 12.8 Å². The fourth-order valence-corrected chi connectivity index (χ4v) is 2.18. The summed E-state index contributed by atoms with van der Waals surface area (Å²) in [4.78, 5) is 3.78. The zero-order valence-electron chi connectivity index (χ0n) is 12.7. The highest BCUT2D eigenvalue weighted by Crippen LogP contribution is 2.16. The predicted octanol–water partition coefficient (Wildman–Crippen LogP) is 4.78. The minimum atomic E-state index is 0. The third-order valence-electron chi connectivity index (χ3n) is 3.22. The van der Waals surface area contributed by atoms with Crippen LogP contribution in [0.2, 0.25) is 0 Å². The fourth-order valence-electron chi connectivity index (χ4n) is 2.18. The van der Waals surface area contributed by atoms with Crippen molar-refractivity contribution in [3.8, 4) is 0 Å². The molecule has 0 bridgehead atoms. The van der Waals surface area contributed by atoms with Crippen LogP contribution in [0.5, 0.6) is 0 Å². The van der Waals surface area contributed by atoms with Gasteiger partial charge in [-0.3, -0.25) is 0 Å². The number of aromatic nitrogens is 2. The molecule has 0 spiro atoms. The summed E-state index contributed by atoms with van der Waals surface area (Å²) >= 11 is 0. The van der Waals surface area contributed by atoms with Gasteiger partial charge in [-0.2, -0.15) is 0 Å². The van der Waals surface area contributed by atoms with Crippen LogP contribution >= 0.6 is 12.4 Å². The lowest BCUT2D eigenvalue weighted by molar-refractivity contribution is 0.981. The van der Waals surface area contributed by atoms with E-state index in [4.69, 9.17) is 0 Å². The number of nitrogens with zero attached hydrogens (tertiary/aromatic N) is 2. The Bertz CT molecular complexity index is 467. The van der Waals surface area contributed by atoms with E-state index in [1.54, 1.807) is 28.9 Å². The molecule has 2 nitrogen and oxygen atoms in total. The summed E-state index contributed by atoms with van der Waals surface area (Å²) in [6.07, 6.45) is 10.4. The van der Waals surface area contributed by atoms with Crippen LogP contribution in [0.4, 0.5) is 0 Å². The van der Waals surface area contributed by atoms with Crippen molar-refractivity contribution in [1.29, 1.82) is 0 Å². The Labute approximate surface area is 129 Å². The van der Waals surface area contributed by atoms with Gasteiger partial charge in [-0.15, -0.1) is 12.4 Å². The summed E-state index contributed by atoms with van der Waals surface area (Å²) in [6, 6.07) is 6.67. The van der Waals surface area contributed by atoms with Crippen LogP contribution in [-0.2, 0) is 19.3 Å². The number of hydrogen-bond donors (Lipinski definition) is 0. The molecule has 1 aromatic heterocycles. The number of hydrogen-bond acceptors (Lipinski definition) is 1. The average molecular weight is 293 g/mol. The Balaban J connectivity index is 0.000000387. The Hall–Kier alpha value is -1.54. The Morgan fingerprint density at radius 1 is 1.10 bits per heavy atom. The predicted molar refractivity (Wildman–Crippen MR) is 90.4 cm³/mol. The normalized spacial score (nSPS) is 9.15. The van der Waals surface area contributed by atoms with Crippen molar-refractivity contribution >= 4 is 18.6 Å². The molecule has 0 N–H and O–H groups in total. The molecule has 0 amide bonds. The van der Waals surface area contributed by atoms with Crippen LogP contribution in [0.1, 0.15) is 37.5 Å².